The summed E-state index contributed by atoms with van der Waals surface area (Å²) in [5.74, 6) is 0. The van der Waals surface area contributed by atoms with Gasteiger partial charge in [0.2, 0.25) is 10.9 Å². The minimum atomic E-state index is -2.53. The van der Waals surface area contributed by atoms with Crippen LogP contribution < -0.4 is 4.72 Å². The first-order chi connectivity index (χ1) is 3.77. The number of alkyl halides is 1. The largest absolute Gasteiger partial charge is 0.251 e. The highest BCUT2D eigenvalue weighted by Gasteiger charge is 1.83. The molecule has 0 atom stereocenters. The van der Waals surface area contributed by atoms with E-state index in [4.69, 9.17) is 0 Å². The van der Waals surface area contributed by atoms with Crippen molar-refractivity contribution >= 4 is 10.9 Å². The van der Waals surface area contributed by atoms with Gasteiger partial charge in [0.15, 0.2) is 0 Å². The Morgan fingerprint density at radius 2 is 2.12 bits per heavy atom. The maximum atomic E-state index is 11.2. The molecule has 0 aliphatic carbocycles. The number of hydrogen-bond donors (Lipinski definition) is 2. The summed E-state index contributed by atoms with van der Waals surface area (Å²) in [5, 5.41) is 0. The lowest BCUT2D eigenvalue weighted by Gasteiger charge is -1.88. The molecule has 0 aliphatic heterocycles. The van der Waals surface area contributed by atoms with Crippen molar-refractivity contribution in [2.75, 3.05) is 13.2 Å². The second-order valence-corrected chi connectivity index (χ2v) is 2.04. The van der Waals surface area contributed by atoms with Crippen molar-refractivity contribution < 1.29 is 12.8 Å². The quantitative estimate of drug-likeness (QED) is 0.408. The highest BCUT2D eigenvalue weighted by molar-refractivity contribution is 7.70. The van der Waals surface area contributed by atoms with Gasteiger partial charge in [0.1, 0.15) is 0 Å². The molecular formula is C3H8FNO2S. The summed E-state index contributed by atoms with van der Waals surface area (Å²) in [4.78, 5) is 0. The zero-order valence-electron chi connectivity index (χ0n) is 4.26. The topological polar surface area (TPSA) is 46.2 Å². The molecule has 0 amide bonds. The van der Waals surface area contributed by atoms with Gasteiger partial charge in [-0.3, -0.25) is 4.39 Å². The van der Waals surface area contributed by atoms with E-state index in [-0.39, 0.29) is 13.0 Å². The molecule has 3 nitrogen and oxygen atoms in total. The van der Waals surface area contributed by atoms with Crippen LogP contribution in [0.5, 0.6) is 0 Å². The predicted octanol–water partition coefficient (Wildman–Crippen LogP) is -0.538. The van der Waals surface area contributed by atoms with E-state index in [1.807, 2.05) is 0 Å². The second-order valence-electron chi connectivity index (χ2n) is 1.21. The first kappa shape index (κ1) is 7.84. The molecular weight excluding hydrogens is 133 g/mol. The van der Waals surface area contributed by atoms with E-state index >= 15 is 0 Å². The summed E-state index contributed by atoms with van der Waals surface area (Å²) in [6.45, 7) is -0.272. The Labute approximate surface area is 49.0 Å². The van der Waals surface area contributed by atoms with Gasteiger partial charge in [-0.2, -0.15) is 0 Å². The lowest BCUT2D eigenvalue weighted by atomic mass is 10.5. The number of hydrogen-bond acceptors (Lipinski definition) is 2. The average Bonchev–Trinajstić information content (AvgIpc) is 1.66. The molecule has 0 rings (SSSR count). The van der Waals surface area contributed by atoms with Gasteiger partial charge >= 0.3 is 0 Å². The molecule has 0 spiro atoms. The number of nitrogens with one attached hydrogen (secondary N) is 1. The molecule has 0 heterocycles. The Balaban J connectivity index is 2.94. The van der Waals surface area contributed by atoms with Crippen molar-refractivity contribution in [3.63, 3.8) is 0 Å². The fraction of sp³-hybridized carbons (Fsp3) is 1.00. The summed E-state index contributed by atoms with van der Waals surface area (Å²) >= 11 is 0. The molecule has 1 N–H and O–H groups in total. The SMILES string of the molecule is O=[SH](=O)NCCCF. The molecule has 0 saturated heterocycles. The van der Waals surface area contributed by atoms with E-state index in [0.29, 0.717) is 0 Å². The van der Waals surface area contributed by atoms with Gasteiger partial charge in [0.05, 0.1) is 6.67 Å². The molecule has 8 heavy (non-hydrogen) atoms. The van der Waals surface area contributed by atoms with Crippen LogP contribution in [0.4, 0.5) is 4.39 Å². The van der Waals surface area contributed by atoms with Crippen LogP contribution in [-0.4, -0.2) is 21.6 Å². The van der Waals surface area contributed by atoms with Crippen LogP contribution in [0.2, 0.25) is 0 Å². The Morgan fingerprint density at radius 3 is 2.50 bits per heavy atom. The number of rotatable bonds is 4. The lowest BCUT2D eigenvalue weighted by molar-refractivity contribution is 0.471. The fourth-order valence-corrected chi connectivity index (χ4v) is 0.578. The summed E-state index contributed by atoms with van der Waals surface area (Å²) < 4.78 is 32.6. The first-order valence-corrected chi connectivity index (χ1v) is 3.39. The molecule has 0 unspecified atom stereocenters. The Hall–Kier alpha value is -0.160. The van der Waals surface area contributed by atoms with Gasteiger partial charge in [-0.05, 0) is 6.42 Å². The molecule has 0 fully saturated rings. The van der Waals surface area contributed by atoms with E-state index in [0.717, 1.165) is 0 Å². The highest BCUT2D eigenvalue weighted by atomic mass is 32.2. The van der Waals surface area contributed by atoms with Gasteiger partial charge in [0, 0.05) is 6.54 Å². The zero-order valence-corrected chi connectivity index (χ0v) is 5.16. The minimum absolute atomic E-state index is 0.204. The van der Waals surface area contributed by atoms with E-state index in [1.165, 1.54) is 0 Å². The smallest absolute Gasteiger partial charge is 0.201 e. The molecule has 0 radical (unpaired) electrons. The second kappa shape index (κ2) is 4.99. The van der Waals surface area contributed by atoms with Crippen LogP contribution in [0, 0.1) is 0 Å². The molecule has 5 heteroatoms. The van der Waals surface area contributed by atoms with Crippen LogP contribution in [0.1, 0.15) is 6.42 Å². The highest BCUT2D eigenvalue weighted by Crippen LogP contribution is 1.74. The predicted molar refractivity (Wildman–Crippen MR) is 28.9 cm³/mol. The van der Waals surface area contributed by atoms with Crippen molar-refractivity contribution in [3.8, 4) is 0 Å². The summed E-state index contributed by atoms with van der Waals surface area (Å²) in [6.07, 6.45) is 0.253. The summed E-state index contributed by atoms with van der Waals surface area (Å²) in [6, 6.07) is 0. The van der Waals surface area contributed by atoms with Crippen LogP contribution in [0.15, 0.2) is 0 Å². The molecule has 50 valence electrons. The van der Waals surface area contributed by atoms with E-state index in [9.17, 15) is 12.8 Å². The van der Waals surface area contributed by atoms with Crippen LogP contribution in [-0.2, 0) is 10.9 Å². The van der Waals surface area contributed by atoms with Crippen LogP contribution in [0.3, 0.4) is 0 Å². The Bertz CT molecular complexity index is 106. The normalized spacial score (nSPS) is 10.2. The fourth-order valence-electron chi connectivity index (χ4n) is 0.237. The molecule has 0 bridgehead atoms. The monoisotopic (exact) mass is 141 g/mol. The molecule has 0 aromatic heterocycles. The molecule has 0 aliphatic rings. The van der Waals surface area contributed by atoms with Gasteiger partial charge in [0.25, 0.3) is 0 Å². The molecule has 0 aromatic rings. The summed E-state index contributed by atoms with van der Waals surface area (Å²) in [7, 11) is -2.53. The van der Waals surface area contributed by atoms with Crippen molar-refractivity contribution in [1.82, 2.24) is 4.72 Å². The average molecular weight is 141 g/mol. The standard InChI is InChI=1S/C3H8FNO2S/c4-2-1-3-5-8(6)7/h8H,1-3H2,(H,5,6,7). The van der Waals surface area contributed by atoms with Crippen molar-refractivity contribution in [2.45, 2.75) is 6.42 Å². The number of thiol groups is 1. The van der Waals surface area contributed by atoms with Crippen molar-refractivity contribution in [2.24, 2.45) is 0 Å². The van der Waals surface area contributed by atoms with E-state index < -0.39 is 17.6 Å². The van der Waals surface area contributed by atoms with Crippen molar-refractivity contribution in [3.05, 3.63) is 0 Å². The van der Waals surface area contributed by atoms with Crippen LogP contribution >= 0.6 is 0 Å². The third-order valence-electron chi connectivity index (χ3n) is 0.551. The third-order valence-corrected chi connectivity index (χ3v) is 1.03. The number of halogens is 1. The van der Waals surface area contributed by atoms with Gasteiger partial charge in [-0.1, -0.05) is 0 Å². The Kier molecular flexibility index (Phi) is 4.89. The van der Waals surface area contributed by atoms with E-state index in [1.54, 1.807) is 0 Å². The first-order valence-electron chi connectivity index (χ1n) is 2.21. The summed E-state index contributed by atoms with van der Waals surface area (Å²) in [5.41, 5.74) is 0. The molecule has 0 aromatic carbocycles. The third kappa shape index (κ3) is 5.84. The zero-order chi connectivity index (χ0) is 6.41. The lowest BCUT2D eigenvalue weighted by Crippen LogP contribution is -2.12. The van der Waals surface area contributed by atoms with Gasteiger partial charge < -0.3 is 0 Å². The Morgan fingerprint density at radius 1 is 1.50 bits per heavy atom. The maximum Gasteiger partial charge on any atom is 0.201 e. The molecule has 0 saturated carbocycles. The van der Waals surface area contributed by atoms with Crippen molar-refractivity contribution in [1.29, 1.82) is 0 Å². The van der Waals surface area contributed by atoms with Gasteiger partial charge in [-0.15, -0.1) is 0 Å². The van der Waals surface area contributed by atoms with E-state index in [2.05, 4.69) is 4.72 Å². The van der Waals surface area contributed by atoms with Gasteiger partial charge in [-0.25, -0.2) is 13.1 Å². The van der Waals surface area contributed by atoms with Crippen LogP contribution in [0.25, 0.3) is 0 Å². The maximum absolute atomic E-state index is 11.2. The minimum Gasteiger partial charge on any atom is -0.251 e.